The van der Waals surface area contributed by atoms with Crippen molar-refractivity contribution in [1.29, 1.82) is 0 Å². The molecule has 2 aromatic carbocycles. The highest BCUT2D eigenvalue weighted by molar-refractivity contribution is 7.99. The number of anilines is 1. The van der Waals surface area contributed by atoms with Crippen molar-refractivity contribution in [3.05, 3.63) is 64.4 Å². The molecule has 0 bridgehead atoms. The van der Waals surface area contributed by atoms with Crippen LogP contribution in [0.2, 0.25) is 5.02 Å². The number of nitrogens with one attached hydrogen (secondary N) is 1. The molecule has 0 saturated heterocycles. The van der Waals surface area contributed by atoms with Crippen LogP contribution >= 0.6 is 23.4 Å². The van der Waals surface area contributed by atoms with E-state index in [1.807, 2.05) is 42.1 Å². The molecule has 1 aliphatic rings. The van der Waals surface area contributed by atoms with Crippen molar-refractivity contribution in [1.82, 2.24) is 5.32 Å². The first-order chi connectivity index (χ1) is 16.7. The summed E-state index contributed by atoms with van der Waals surface area (Å²) in [4.78, 5) is 27.8. The van der Waals surface area contributed by atoms with Crippen LogP contribution in [0.25, 0.3) is 6.08 Å². The van der Waals surface area contributed by atoms with Crippen LogP contribution in [0.3, 0.4) is 0 Å². The lowest BCUT2D eigenvalue weighted by Crippen LogP contribution is -2.44. The molecule has 0 unspecified atom stereocenters. The topological polar surface area (TPSA) is 58.6 Å². The Kier molecular flexibility index (Phi) is 9.70. The molecule has 1 N–H and O–H groups in total. The van der Waals surface area contributed by atoms with Gasteiger partial charge in [-0.1, -0.05) is 63.9 Å². The number of nitrogens with zero attached hydrogens (tertiary/aromatic N) is 1. The van der Waals surface area contributed by atoms with Crippen molar-refractivity contribution in [2.45, 2.75) is 52.4 Å². The molecule has 2 aromatic rings. The van der Waals surface area contributed by atoms with Gasteiger partial charge in [0.2, 0.25) is 5.91 Å². The van der Waals surface area contributed by atoms with Crippen LogP contribution < -0.4 is 15.0 Å². The molecule has 0 aliphatic carbocycles. The Hall–Kier alpha value is -2.44. The van der Waals surface area contributed by atoms with Crippen molar-refractivity contribution in [3.8, 4) is 5.75 Å². The van der Waals surface area contributed by atoms with E-state index in [-0.39, 0.29) is 29.5 Å². The maximum absolute atomic E-state index is 13.5. The van der Waals surface area contributed by atoms with Gasteiger partial charge in [-0.3, -0.25) is 14.5 Å². The second-order valence-electron chi connectivity index (χ2n) is 9.66. The van der Waals surface area contributed by atoms with E-state index in [1.54, 1.807) is 18.2 Å². The van der Waals surface area contributed by atoms with E-state index in [9.17, 15) is 9.59 Å². The number of hydrogen-bond donors (Lipinski definition) is 1. The van der Waals surface area contributed by atoms with Crippen LogP contribution in [-0.4, -0.2) is 36.4 Å². The predicted molar refractivity (Wildman–Crippen MR) is 147 cm³/mol. The largest absolute Gasteiger partial charge is 0.449 e. The summed E-state index contributed by atoms with van der Waals surface area (Å²) < 4.78 is 6.01. The van der Waals surface area contributed by atoms with E-state index in [1.165, 1.54) is 17.7 Å². The van der Waals surface area contributed by atoms with Gasteiger partial charge in [-0.15, -0.1) is 0 Å². The Bertz CT molecular complexity index is 1060. The van der Waals surface area contributed by atoms with Crippen LogP contribution in [0, 0.1) is 0 Å². The summed E-state index contributed by atoms with van der Waals surface area (Å²) >= 11 is 7.91. The number of thioether (sulfide) groups is 1. The molecule has 1 aliphatic heterocycles. The maximum Gasteiger partial charge on any atom is 0.294 e. The summed E-state index contributed by atoms with van der Waals surface area (Å²) in [6.45, 7) is 9.06. The molecule has 0 saturated carbocycles. The van der Waals surface area contributed by atoms with Gasteiger partial charge in [0.25, 0.3) is 5.91 Å². The SMILES string of the molecule is CCCCSCCCNC(=O)CN1C(=O)C(=Cc2ccc(Cl)cc2)Oc2ccc(C(C)(C)C)cc21. The van der Waals surface area contributed by atoms with E-state index >= 15 is 0 Å². The smallest absolute Gasteiger partial charge is 0.294 e. The summed E-state index contributed by atoms with van der Waals surface area (Å²) in [6, 6.07) is 13.0. The molecule has 0 radical (unpaired) electrons. The van der Waals surface area contributed by atoms with Gasteiger partial charge < -0.3 is 10.1 Å². The first kappa shape index (κ1) is 27.2. The van der Waals surface area contributed by atoms with Crippen LogP contribution in [0.15, 0.2) is 48.2 Å². The number of amides is 2. The average Bonchev–Trinajstić information content (AvgIpc) is 2.81. The molecule has 0 spiro atoms. The van der Waals surface area contributed by atoms with Crippen molar-refractivity contribution in [2.75, 3.05) is 29.5 Å². The third-order valence-electron chi connectivity index (χ3n) is 5.69. The molecule has 2 amide bonds. The van der Waals surface area contributed by atoms with E-state index in [0.29, 0.717) is 23.0 Å². The lowest BCUT2D eigenvalue weighted by molar-refractivity contribution is -0.123. The second-order valence-corrected chi connectivity index (χ2v) is 11.3. The average molecular weight is 515 g/mol. The fourth-order valence-corrected chi connectivity index (χ4v) is 4.77. The van der Waals surface area contributed by atoms with Gasteiger partial charge in [0.05, 0.1) is 5.69 Å². The van der Waals surface area contributed by atoms with Gasteiger partial charge in [-0.2, -0.15) is 11.8 Å². The van der Waals surface area contributed by atoms with E-state index < -0.39 is 0 Å². The van der Waals surface area contributed by atoms with Crippen LogP contribution in [0.1, 0.15) is 58.1 Å². The van der Waals surface area contributed by atoms with Gasteiger partial charge in [0, 0.05) is 11.6 Å². The number of halogens is 1. The van der Waals surface area contributed by atoms with E-state index in [4.69, 9.17) is 16.3 Å². The molecule has 188 valence electrons. The zero-order valence-electron chi connectivity index (χ0n) is 21.0. The standard InChI is InChI=1S/C28H35ClN2O3S/c1-5-6-15-35-16-7-14-30-26(32)19-31-23-18-21(28(2,3)4)10-13-24(23)34-25(27(31)33)17-20-8-11-22(29)12-9-20/h8-13,17-18H,5-7,14-16,19H2,1-4H3,(H,30,32). The van der Waals surface area contributed by atoms with Crippen LogP contribution in [0.4, 0.5) is 5.69 Å². The third kappa shape index (κ3) is 7.77. The fraction of sp³-hybridized carbons (Fsp3) is 0.429. The molecule has 3 rings (SSSR count). The molecular formula is C28H35ClN2O3S. The minimum atomic E-state index is -0.344. The molecule has 0 fully saturated rings. The van der Waals surface area contributed by atoms with Crippen molar-refractivity contribution in [3.63, 3.8) is 0 Å². The lowest BCUT2D eigenvalue weighted by atomic mass is 9.86. The lowest BCUT2D eigenvalue weighted by Gasteiger charge is -2.32. The molecule has 5 nitrogen and oxygen atoms in total. The molecule has 0 atom stereocenters. The Morgan fingerprint density at radius 1 is 1.11 bits per heavy atom. The third-order valence-corrected chi connectivity index (χ3v) is 7.10. The minimum absolute atomic E-state index is 0.0657. The molecule has 0 aromatic heterocycles. The van der Waals surface area contributed by atoms with Gasteiger partial charge in [-0.25, -0.2) is 0 Å². The van der Waals surface area contributed by atoms with Gasteiger partial charge in [-0.05, 0) is 71.2 Å². The second kappa shape index (κ2) is 12.5. The van der Waals surface area contributed by atoms with Crippen molar-refractivity contribution < 1.29 is 14.3 Å². The number of hydrogen-bond acceptors (Lipinski definition) is 4. The normalized spacial score (nSPS) is 14.6. The highest BCUT2D eigenvalue weighted by Crippen LogP contribution is 2.39. The number of benzene rings is 2. The zero-order valence-corrected chi connectivity index (χ0v) is 22.6. The summed E-state index contributed by atoms with van der Waals surface area (Å²) in [5.41, 5.74) is 2.35. The number of ether oxygens (including phenoxy) is 1. The summed E-state index contributed by atoms with van der Waals surface area (Å²) in [5.74, 6) is 2.37. The monoisotopic (exact) mass is 514 g/mol. The molecule has 35 heavy (non-hydrogen) atoms. The van der Waals surface area contributed by atoms with Crippen molar-refractivity contribution in [2.24, 2.45) is 0 Å². The Balaban J connectivity index is 1.78. The minimum Gasteiger partial charge on any atom is -0.449 e. The number of rotatable bonds is 10. The van der Waals surface area contributed by atoms with Crippen LogP contribution in [-0.2, 0) is 15.0 Å². The van der Waals surface area contributed by atoms with Gasteiger partial charge >= 0.3 is 0 Å². The zero-order chi connectivity index (χ0) is 25.4. The van der Waals surface area contributed by atoms with Gasteiger partial charge in [0.15, 0.2) is 11.5 Å². The number of fused-ring (bicyclic) bond motifs is 1. The first-order valence-corrected chi connectivity index (χ1v) is 13.7. The van der Waals surface area contributed by atoms with Gasteiger partial charge in [0.1, 0.15) is 6.54 Å². The Morgan fingerprint density at radius 2 is 1.83 bits per heavy atom. The highest BCUT2D eigenvalue weighted by Gasteiger charge is 2.33. The fourth-order valence-electron chi connectivity index (χ4n) is 3.59. The van der Waals surface area contributed by atoms with E-state index in [0.717, 1.165) is 29.1 Å². The van der Waals surface area contributed by atoms with Crippen LogP contribution in [0.5, 0.6) is 5.75 Å². The number of carbonyl (C=O) groups is 2. The number of carbonyl (C=O) groups excluding carboxylic acids is 2. The van der Waals surface area contributed by atoms with E-state index in [2.05, 4.69) is 33.0 Å². The first-order valence-electron chi connectivity index (χ1n) is 12.1. The molecule has 1 heterocycles. The molecule has 7 heteroatoms. The highest BCUT2D eigenvalue weighted by atomic mass is 35.5. The maximum atomic E-state index is 13.5. The summed E-state index contributed by atoms with van der Waals surface area (Å²) in [7, 11) is 0. The quantitative estimate of drug-likeness (QED) is 0.292. The summed E-state index contributed by atoms with van der Waals surface area (Å²) in [5, 5.41) is 3.58. The number of unbranched alkanes of at least 4 members (excludes halogenated alkanes) is 1. The Labute approximate surface area is 218 Å². The summed E-state index contributed by atoms with van der Waals surface area (Å²) in [6.07, 6.45) is 5.00. The Morgan fingerprint density at radius 3 is 2.51 bits per heavy atom. The van der Waals surface area contributed by atoms with Crippen molar-refractivity contribution >= 4 is 46.9 Å². The molecular weight excluding hydrogens is 480 g/mol. The predicted octanol–water partition coefficient (Wildman–Crippen LogP) is 6.44.